The Morgan fingerprint density at radius 2 is 1.86 bits per heavy atom. The smallest absolute Gasteiger partial charge is 0.126 e. The summed E-state index contributed by atoms with van der Waals surface area (Å²) in [5.41, 5.74) is -0.538. The second kappa shape index (κ2) is 5.54. The molecular weight excluding hydrogens is 272 g/mol. The Bertz CT molecular complexity index is 669. The minimum atomic E-state index is -0.538. The summed E-state index contributed by atoms with van der Waals surface area (Å²) in [4.78, 5) is 4.55. The van der Waals surface area contributed by atoms with Crippen LogP contribution in [0.2, 0.25) is 0 Å². The first-order chi connectivity index (χ1) is 10.8. The van der Waals surface area contributed by atoms with Gasteiger partial charge in [0.2, 0.25) is 0 Å². The van der Waals surface area contributed by atoms with Crippen molar-refractivity contribution < 1.29 is 5.11 Å². The molecule has 1 aromatic heterocycles. The number of fused-ring (bicyclic) bond motifs is 2. The van der Waals surface area contributed by atoms with Crippen LogP contribution in [0.4, 0.5) is 5.82 Å². The van der Waals surface area contributed by atoms with Crippen LogP contribution in [0.1, 0.15) is 44.9 Å². The number of anilines is 1. The highest BCUT2D eigenvalue weighted by atomic mass is 16.3. The quantitative estimate of drug-likeness (QED) is 0.876. The lowest BCUT2D eigenvalue weighted by Gasteiger charge is -2.49. The molecule has 0 amide bonds. The third-order valence-electron chi connectivity index (χ3n) is 5.69. The molecule has 0 spiro atoms. The highest BCUT2D eigenvalue weighted by molar-refractivity contribution is 5.83. The fourth-order valence-electron chi connectivity index (χ4n) is 4.46. The van der Waals surface area contributed by atoms with E-state index in [4.69, 9.17) is 0 Å². The predicted octanol–water partition coefficient (Wildman–Crippen LogP) is 4.12. The van der Waals surface area contributed by atoms with Crippen molar-refractivity contribution in [3.8, 4) is 0 Å². The number of hydrogen-bond acceptors (Lipinski definition) is 3. The molecular formula is C19H24N2O. The predicted molar refractivity (Wildman–Crippen MR) is 89.9 cm³/mol. The molecule has 3 nitrogen and oxygen atoms in total. The summed E-state index contributed by atoms with van der Waals surface area (Å²) in [5.74, 6) is 1.36. The number of nitrogens with zero attached hydrogens (tertiary/aromatic N) is 1. The molecule has 0 unspecified atom stereocenters. The Morgan fingerprint density at radius 1 is 1.05 bits per heavy atom. The summed E-state index contributed by atoms with van der Waals surface area (Å²) in [7, 11) is 0. The molecule has 2 saturated carbocycles. The van der Waals surface area contributed by atoms with Gasteiger partial charge in [-0.3, -0.25) is 0 Å². The molecule has 0 radical (unpaired) electrons. The van der Waals surface area contributed by atoms with E-state index in [0.29, 0.717) is 5.92 Å². The van der Waals surface area contributed by atoms with E-state index < -0.39 is 5.60 Å². The monoisotopic (exact) mass is 296 g/mol. The van der Waals surface area contributed by atoms with Gasteiger partial charge < -0.3 is 10.4 Å². The maximum atomic E-state index is 11.2. The van der Waals surface area contributed by atoms with Gasteiger partial charge in [0.05, 0.1) is 11.6 Å². The maximum Gasteiger partial charge on any atom is 0.126 e. The van der Waals surface area contributed by atoms with Gasteiger partial charge in [-0.2, -0.15) is 0 Å². The van der Waals surface area contributed by atoms with Gasteiger partial charge in [-0.15, -0.1) is 0 Å². The van der Waals surface area contributed by atoms with Crippen molar-refractivity contribution in [1.82, 2.24) is 4.98 Å². The van der Waals surface area contributed by atoms with Crippen LogP contribution in [0.3, 0.4) is 0 Å². The first kappa shape index (κ1) is 14.0. The van der Waals surface area contributed by atoms with Gasteiger partial charge in [0.1, 0.15) is 5.82 Å². The maximum absolute atomic E-state index is 11.2. The number of hydrogen-bond donors (Lipinski definition) is 2. The molecule has 2 N–H and O–H groups in total. The van der Waals surface area contributed by atoms with Crippen molar-refractivity contribution in [3.05, 3.63) is 36.5 Å². The van der Waals surface area contributed by atoms with Gasteiger partial charge in [0.15, 0.2) is 0 Å². The largest absolute Gasteiger partial charge is 0.387 e. The lowest BCUT2D eigenvalue weighted by molar-refractivity contribution is -0.0836. The molecule has 2 aliphatic rings. The lowest BCUT2D eigenvalue weighted by Crippen LogP contribution is -2.56. The van der Waals surface area contributed by atoms with Gasteiger partial charge in [0.25, 0.3) is 0 Å². The van der Waals surface area contributed by atoms with E-state index in [0.717, 1.165) is 30.5 Å². The minimum Gasteiger partial charge on any atom is -0.387 e. The molecule has 2 aliphatic carbocycles. The third kappa shape index (κ3) is 2.38. The molecule has 2 aromatic rings. The summed E-state index contributed by atoms with van der Waals surface area (Å²) >= 11 is 0. The average molecular weight is 296 g/mol. The zero-order chi connectivity index (χ0) is 15.0. The van der Waals surface area contributed by atoms with Crippen molar-refractivity contribution in [2.75, 3.05) is 5.32 Å². The summed E-state index contributed by atoms with van der Waals surface area (Å²) < 4.78 is 0. The van der Waals surface area contributed by atoms with Gasteiger partial charge in [-0.05, 0) is 43.1 Å². The first-order valence-electron chi connectivity index (χ1n) is 8.59. The number of aromatic nitrogens is 1. The molecule has 3 heteroatoms. The van der Waals surface area contributed by atoms with Crippen molar-refractivity contribution in [2.45, 2.75) is 56.6 Å². The zero-order valence-corrected chi connectivity index (χ0v) is 13.0. The van der Waals surface area contributed by atoms with E-state index in [2.05, 4.69) is 34.6 Å². The third-order valence-corrected chi connectivity index (χ3v) is 5.69. The van der Waals surface area contributed by atoms with Crippen LogP contribution in [0.5, 0.6) is 0 Å². The molecule has 0 bridgehead atoms. The molecule has 4 rings (SSSR count). The Hall–Kier alpha value is -1.61. The molecule has 3 atom stereocenters. The summed E-state index contributed by atoms with van der Waals surface area (Å²) in [6, 6.07) is 10.5. The Balaban J connectivity index is 1.60. The normalized spacial score (nSPS) is 31.7. The van der Waals surface area contributed by atoms with Crippen LogP contribution >= 0.6 is 0 Å². The number of nitrogens with one attached hydrogen (secondary N) is 1. The van der Waals surface area contributed by atoms with Crippen molar-refractivity contribution in [1.29, 1.82) is 0 Å². The second-order valence-corrected chi connectivity index (χ2v) is 6.98. The number of benzene rings is 1. The second-order valence-electron chi connectivity index (χ2n) is 6.98. The molecule has 0 aliphatic heterocycles. The molecule has 0 saturated heterocycles. The Kier molecular flexibility index (Phi) is 3.53. The fourth-order valence-corrected chi connectivity index (χ4v) is 4.46. The average Bonchev–Trinajstić information content (AvgIpc) is 2.55. The van der Waals surface area contributed by atoms with Gasteiger partial charge in [0, 0.05) is 11.6 Å². The van der Waals surface area contributed by atoms with E-state index in [1.165, 1.54) is 31.1 Å². The fraction of sp³-hybridized carbons (Fsp3) is 0.526. The van der Waals surface area contributed by atoms with E-state index >= 15 is 0 Å². The van der Waals surface area contributed by atoms with E-state index in [-0.39, 0.29) is 6.04 Å². The molecule has 116 valence electrons. The SMILES string of the molecule is O[C@]12CCCC[C@@H]1CCC[C@@H]2Nc1cc2ccccc2cn1. The Morgan fingerprint density at radius 3 is 2.77 bits per heavy atom. The number of aliphatic hydroxyl groups is 1. The van der Waals surface area contributed by atoms with Crippen LogP contribution < -0.4 is 5.32 Å². The van der Waals surface area contributed by atoms with Crippen LogP contribution in [-0.4, -0.2) is 21.7 Å². The topological polar surface area (TPSA) is 45.1 Å². The molecule has 1 heterocycles. The summed E-state index contributed by atoms with van der Waals surface area (Å²) in [6.45, 7) is 0. The zero-order valence-electron chi connectivity index (χ0n) is 13.0. The highest BCUT2D eigenvalue weighted by Crippen LogP contribution is 2.44. The van der Waals surface area contributed by atoms with Crippen LogP contribution in [0.25, 0.3) is 10.8 Å². The van der Waals surface area contributed by atoms with Crippen molar-refractivity contribution in [2.24, 2.45) is 5.92 Å². The minimum absolute atomic E-state index is 0.139. The molecule has 2 fully saturated rings. The van der Waals surface area contributed by atoms with E-state index in [9.17, 15) is 5.11 Å². The lowest BCUT2D eigenvalue weighted by atomic mass is 9.65. The standard InChI is InChI=1S/C19H24N2O/c22-19-11-4-3-8-16(19)9-5-10-17(19)21-18-12-14-6-1-2-7-15(14)13-20-18/h1-2,6-7,12-13,16-17,22H,3-5,8-11H2,(H,20,21)/t16-,17+,19-/m1/s1. The summed E-state index contributed by atoms with van der Waals surface area (Å²) in [5, 5.41) is 17.1. The summed E-state index contributed by atoms with van der Waals surface area (Å²) in [6.07, 6.45) is 9.88. The molecule has 22 heavy (non-hydrogen) atoms. The first-order valence-corrected chi connectivity index (χ1v) is 8.59. The van der Waals surface area contributed by atoms with Gasteiger partial charge in [-0.1, -0.05) is 43.5 Å². The number of pyridine rings is 1. The van der Waals surface area contributed by atoms with Crippen molar-refractivity contribution in [3.63, 3.8) is 0 Å². The van der Waals surface area contributed by atoms with Gasteiger partial charge in [-0.25, -0.2) is 4.98 Å². The number of rotatable bonds is 2. The highest BCUT2D eigenvalue weighted by Gasteiger charge is 2.47. The van der Waals surface area contributed by atoms with E-state index in [1.807, 2.05) is 12.3 Å². The van der Waals surface area contributed by atoms with Crippen molar-refractivity contribution >= 4 is 16.6 Å². The molecule has 1 aromatic carbocycles. The van der Waals surface area contributed by atoms with Crippen LogP contribution in [0, 0.1) is 5.92 Å². The Labute approximate surface area is 131 Å². The van der Waals surface area contributed by atoms with Crippen LogP contribution in [0.15, 0.2) is 36.5 Å². The van der Waals surface area contributed by atoms with E-state index in [1.54, 1.807) is 0 Å². The van der Waals surface area contributed by atoms with Gasteiger partial charge >= 0.3 is 0 Å². The van der Waals surface area contributed by atoms with Crippen LogP contribution in [-0.2, 0) is 0 Å².